The number of ether oxygens (including phenoxy) is 2. The lowest BCUT2D eigenvalue weighted by atomic mass is 10.2. The van der Waals surface area contributed by atoms with Gasteiger partial charge in [-0.05, 0) is 19.8 Å². The second kappa shape index (κ2) is 6.86. The number of cyclic esters (lactones) is 1. The Kier molecular flexibility index (Phi) is 5.77. The molecule has 1 saturated heterocycles. The van der Waals surface area contributed by atoms with Gasteiger partial charge in [-0.15, -0.1) is 0 Å². The molecule has 0 N–H and O–H groups in total. The molecular weight excluding hydrogens is 206 g/mol. The van der Waals surface area contributed by atoms with Gasteiger partial charge in [0.05, 0.1) is 19.1 Å². The van der Waals surface area contributed by atoms with Crippen LogP contribution >= 0.6 is 0 Å². The van der Waals surface area contributed by atoms with E-state index in [2.05, 4.69) is 11.8 Å². The molecule has 94 valence electrons. The summed E-state index contributed by atoms with van der Waals surface area (Å²) < 4.78 is 10.6. The van der Waals surface area contributed by atoms with Gasteiger partial charge < -0.3 is 9.47 Å². The zero-order valence-corrected chi connectivity index (χ0v) is 10.6. The Morgan fingerprint density at radius 1 is 1.38 bits per heavy atom. The van der Waals surface area contributed by atoms with Gasteiger partial charge in [0.2, 0.25) is 0 Å². The second-order valence-corrected chi connectivity index (χ2v) is 4.76. The van der Waals surface area contributed by atoms with Crippen LogP contribution in [-0.2, 0) is 14.3 Å². The van der Waals surface area contributed by atoms with Gasteiger partial charge in [0.1, 0.15) is 6.61 Å². The average Bonchev–Trinajstić information content (AvgIpc) is 2.41. The summed E-state index contributed by atoms with van der Waals surface area (Å²) in [7, 11) is 0. The first kappa shape index (κ1) is 13.5. The van der Waals surface area contributed by atoms with Crippen molar-refractivity contribution in [2.24, 2.45) is 5.92 Å². The molecule has 0 spiro atoms. The quantitative estimate of drug-likeness (QED) is 0.666. The lowest BCUT2D eigenvalue weighted by Crippen LogP contribution is -2.32. The van der Waals surface area contributed by atoms with Gasteiger partial charge in [0, 0.05) is 19.6 Å². The van der Waals surface area contributed by atoms with E-state index >= 15 is 0 Å². The monoisotopic (exact) mass is 229 g/mol. The highest BCUT2D eigenvalue weighted by Crippen LogP contribution is 2.06. The molecule has 0 amide bonds. The number of carbonyl (C=O) groups is 1. The Hall–Kier alpha value is -0.610. The van der Waals surface area contributed by atoms with E-state index < -0.39 is 0 Å². The number of rotatable bonds is 5. The fraction of sp³-hybridized carbons (Fsp3) is 0.917. The van der Waals surface area contributed by atoms with Crippen LogP contribution in [0, 0.1) is 5.92 Å². The zero-order chi connectivity index (χ0) is 12.0. The third kappa shape index (κ3) is 5.47. The highest BCUT2D eigenvalue weighted by atomic mass is 16.5. The Morgan fingerprint density at radius 3 is 2.81 bits per heavy atom. The maximum Gasteiger partial charge on any atom is 0.307 e. The highest BCUT2D eigenvalue weighted by Gasteiger charge is 2.16. The summed E-state index contributed by atoms with van der Waals surface area (Å²) in [6.07, 6.45) is 0.800. The van der Waals surface area contributed by atoms with E-state index in [1.807, 2.05) is 13.8 Å². The van der Waals surface area contributed by atoms with Gasteiger partial charge in [0.25, 0.3) is 0 Å². The molecule has 1 heterocycles. The fourth-order valence-electron chi connectivity index (χ4n) is 1.75. The molecular formula is C12H23NO3. The van der Waals surface area contributed by atoms with Crippen LogP contribution in [0.4, 0.5) is 0 Å². The minimum Gasteiger partial charge on any atom is -0.464 e. The predicted octanol–water partition coefficient (Wildman–Crippen LogP) is 1.30. The van der Waals surface area contributed by atoms with E-state index in [1.165, 1.54) is 0 Å². The molecule has 0 radical (unpaired) electrons. The molecule has 0 aliphatic carbocycles. The normalized spacial score (nSPS) is 20.6. The lowest BCUT2D eigenvalue weighted by Gasteiger charge is -2.23. The van der Waals surface area contributed by atoms with Crippen molar-refractivity contribution in [2.45, 2.75) is 33.3 Å². The third-order valence-electron chi connectivity index (χ3n) is 2.59. The van der Waals surface area contributed by atoms with Crippen molar-refractivity contribution in [2.75, 3.05) is 32.8 Å². The summed E-state index contributed by atoms with van der Waals surface area (Å²) in [5, 5.41) is 0. The maximum atomic E-state index is 11.1. The molecule has 1 aliphatic heterocycles. The average molecular weight is 229 g/mol. The Morgan fingerprint density at radius 2 is 2.12 bits per heavy atom. The van der Waals surface area contributed by atoms with Crippen molar-refractivity contribution in [3.8, 4) is 0 Å². The van der Waals surface area contributed by atoms with Crippen LogP contribution in [0.25, 0.3) is 0 Å². The van der Waals surface area contributed by atoms with Crippen LogP contribution in [0.3, 0.4) is 0 Å². The molecule has 1 unspecified atom stereocenters. The number of hydrogen-bond acceptors (Lipinski definition) is 4. The molecule has 0 aromatic rings. The highest BCUT2D eigenvalue weighted by molar-refractivity contribution is 5.69. The minimum atomic E-state index is -0.0754. The molecule has 1 fully saturated rings. The van der Waals surface area contributed by atoms with Crippen molar-refractivity contribution in [1.82, 2.24) is 4.90 Å². The Bertz CT molecular complexity index is 218. The number of hydrogen-bond donors (Lipinski definition) is 0. The van der Waals surface area contributed by atoms with E-state index in [4.69, 9.17) is 9.47 Å². The van der Waals surface area contributed by atoms with Crippen molar-refractivity contribution in [1.29, 1.82) is 0 Å². The molecule has 0 aromatic carbocycles. The summed E-state index contributed by atoms with van der Waals surface area (Å²) in [6, 6.07) is 0. The van der Waals surface area contributed by atoms with Crippen molar-refractivity contribution >= 4 is 5.97 Å². The van der Waals surface area contributed by atoms with Crippen LogP contribution in [0.2, 0.25) is 0 Å². The van der Waals surface area contributed by atoms with Crippen molar-refractivity contribution < 1.29 is 14.3 Å². The minimum absolute atomic E-state index is 0.0754. The van der Waals surface area contributed by atoms with Gasteiger partial charge in [0.15, 0.2) is 0 Å². The molecule has 16 heavy (non-hydrogen) atoms. The van der Waals surface area contributed by atoms with Crippen LogP contribution in [0.1, 0.15) is 27.2 Å². The second-order valence-electron chi connectivity index (χ2n) is 4.76. The zero-order valence-electron chi connectivity index (χ0n) is 10.6. The lowest BCUT2D eigenvalue weighted by molar-refractivity contribution is -0.142. The Labute approximate surface area is 97.9 Å². The molecule has 4 nitrogen and oxygen atoms in total. The van der Waals surface area contributed by atoms with E-state index in [-0.39, 0.29) is 12.1 Å². The first-order valence-corrected chi connectivity index (χ1v) is 6.07. The topological polar surface area (TPSA) is 38.8 Å². The first-order valence-electron chi connectivity index (χ1n) is 6.07. The summed E-state index contributed by atoms with van der Waals surface area (Å²) in [5.41, 5.74) is 0. The predicted molar refractivity (Wildman–Crippen MR) is 62.3 cm³/mol. The number of esters is 1. The standard InChI is InChI=1S/C12H23NO3/c1-10(2)16-9-11(3)8-13-5-4-12(14)15-7-6-13/h10-11H,4-9H2,1-3H3. The van der Waals surface area contributed by atoms with Crippen LogP contribution in [0.15, 0.2) is 0 Å². The van der Waals surface area contributed by atoms with Gasteiger partial charge in [-0.25, -0.2) is 0 Å². The first-order chi connectivity index (χ1) is 7.58. The van der Waals surface area contributed by atoms with Gasteiger partial charge in [-0.3, -0.25) is 9.69 Å². The summed E-state index contributed by atoms with van der Waals surface area (Å²) in [4.78, 5) is 13.3. The van der Waals surface area contributed by atoms with E-state index in [9.17, 15) is 4.79 Å². The molecule has 0 aromatic heterocycles. The smallest absolute Gasteiger partial charge is 0.307 e. The maximum absolute atomic E-state index is 11.1. The largest absolute Gasteiger partial charge is 0.464 e. The van der Waals surface area contributed by atoms with Crippen molar-refractivity contribution in [3.63, 3.8) is 0 Å². The molecule has 0 saturated carbocycles. The summed E-state index contributed by atoms with van der Waals surface area (Å²) in [5.74, 6) is 0.421. The SMILES string of the molecule is CC(COC(C)C)CN1CCOC(=O)CC1. The van der Waals surface area contributed by atoms with Gasteiger partial charge in [-0.1, -0.05) is 6.92 Å². The van der Waals surface area contributed by atoms with Crippen LogP contribution < -0.4 is 0 Å². The molecule has 0 bridgehead atoms. The van der Waals surface area contributed by atoms with Crippen molar-refractivity contribution in [3.05, 3.63) is 0 Å². The van der Waals surface area contributed by atoms with E-state index in [1.54, 1.807) is 0 Å². The third-order valence-corrected chi connectivity index (χ3v) is 2.59. The summed E-state index contributed by atoms with van der Waals surface area (Å²) in [6.45, 7) is 10.2. The van der Waals surface area contributed by atoms with Crippen LogP contribution in [0.5, 0.6) is 0 Å². The van der Waals surface area contributed by atoms with Gasteiger partial charge in [-0.2, -0.15) is 0 Å². The molecule has 4 heteroatoms. The fourth-order valence-corrected chi connectivity index (χ4v) is 1.75. The molecule has 1 aliphatic rings. The van der Waals surface area contributed by atoms with Crippen LogP contribution in [-0.4, -0.2) is 49.8 Å². The molecule has 1 atom stereocenters. The Balaban J connectivity index is 2.22. The number of nitrogens with zero attached hydrogens (tertiary/aromatic N) is 1. The number of carbonyl (C=O) groups excluding carboxylic acids is 1. The summed E-state index contributed by atoms with van der Waals surface area (Å²) >= 11 is 0. The van der Waals surface area contributed by atoms with E-state index in [0.29, 0.717) is 18.9 Å². The molecule has 1 rings (SSSR count). The van der Waals surface area contributed by atoms with Gasteiger partial charge >= 0.3 is 5.97 Å². The van der Waals surface area contributed by atoms with E-state index in [0.717, 1.165) is 26.2 Å².